The summed E-state index contributed by atoms with van der Waals surface area (Å²) in [6.07, 6.45) is 0.122. The molecule has 3 rings (SSSR count). The first kappa shape index (κ1) is 17.9. The van der Waals surface area contributed by atoms with Gasteiger partial charge in [0.2, 0.25) is 0 Å². The maximum atomic E-state index is 12.1. The molecule has 2 aromatic rings. The van der Waals surface area contributed by atoms with E-state index in [4.69, 9.17) is 0 Å². The van der Waals surface area contributed by atoms with Crippen molar-refractivity contribution in [3.8, 4) is 6.07 Å². The average Bonchev–Trinajstić information content (AvgIpc) is 2.98. The van der Waals surface area contributed by atoms with Crippen molar-refractivity contribution in [2.24, 2.45) is 0 Å². The number of nitrogens with zero attached hydrogens (tertiary/aromatic N) is 3. The van der Waals surface area contributed by atoms with Gasteiger partial charge in [-0.15, -0.1) is 0 Å². The Balaban J connectivity index is 1.57. The SMILES string of the molecule is CN(c1c(C#N)cnc2[nH]ccc12)[C@H]1C[C@@H](NSCCC(F)(F)F)C1. The van der Waals surface area contributed by atoms with E-state index in [9.17, 15) is 18.4 Å². The summed E-state index contributed by atoms with van der Waals surface area (Å²) in [5.74, 6) is 0.0212. The van der Waals surface area contributed by atoms with Gasteiger partial charge in [0.05, 0.1) is 17.7 Å². The normalized spacial score (nSPS) is 20.3. The molecule has 134 valence electrons. The number of hydrogen-bond acceptors (Lipinski definition) is 5. The lowest BCUT2D eigenvalue weighted by atomic mass is 9.86. The summed E-state index contributed by atoms with van der Waals surface area (Å²) >= 11 is 1.13. The van der Waals surface area contributed by atoms with Crippen molar-refractivity contribution < 1.29 is 13.2 Å². The first-order valence-electron chi connectivity index (χ1n) is 7.92. The summed E-state index contributed by atoms with van der Waals surface area (Å²) in [6, 6.07) is 4.52. The van der Waals surface area contributed by atoms with E-state index >= 15 is 0 Å². The fourth-order valence-electron chi connectivity index (χ4n) is 2.98. The van der Waals surface area contributed by atoms with Gasteiger partial charge in [-0.25, -0.2) is 4.98 Å². The third-order valence-corrected chi connectivity index (χ3v) is 5.34. The van der Waals surface area contributed by atoms with E-state index in [0.717, 1.165) is 41.5 Å². The standard InChI is InChI=1S/C16H18F3N5S/c1-24(12-6-11(7-12)23-25-5-3-16(17,18)19)14-10(8-20)9-22-15-13(14)2-4-21-15/h2,4,9,11-12,23H,3,5-7H2,1H3,(H,21,22)/t11-,12+. The second-order valence-corrected chi connectivity index (χ2v) is 7.07. The topological polar surface area (TPSA) is 67.7 Å². The number of aromatic nitrogens is 2. The van der Waals surface area contributed by atoms with Gasteiger partial charge in [-0.1, -0.05) is 11.9 Å². The van der Waals surface area contributed by atoms with E-state index in [1.54, 1.807) is 12.4 Å². The molecule has 2 aromatic heterocycles. The van der Waals surface area contributed by atoms with Crippen LogP contribution < -0.4 is 9.62 Å². The van der Waals surface area contributed by atoms with Crippen molar-refractivity contribution in [3.63, 3.8) is 0 Å². The predicted molar refractivity (Wildman–Crippen MR) is 92.3 cm³/mol. The molecule has 9 heteroatoms. The molecule has 1 fully saturated rings. The minimum atomic E-state index is -4.10. The maximum Gasteiger partial charge on any atom is 0.389 e. The van der Waals surface area contributed by atoms with Crippen LogP contribution in [0.2, 0.25) is 0 Å². The van der Waals surface area contributed by atoms with Crippen molar-refractivity contribution in [2.45, 2.75) is 37.5 Å². The minimum absolute atomic E-state index is 0.0212. The van der Waals surface area contributed by atoms with Crippen LogP contribution in [0.25, 0.3) is 11.0 Å². The van der Waals surface area contributed by atoms with E-state index in [1.165, 1.54) is 0 Å². The zero-order valence-electron chi connectivity index (χ0n) is 13.6. The Hall–Kier alpha value is -1.92. The van der Waals surface area contributed by atoms with Crippen LogP contribution in [0.3, 0.4) is 0 Å². The van der Waals surface area contributed by atoms with Gasteiger partial charge in [-0.2, -0.15) is 18.4 Å². The van der Waals surface area contributed by atoms with Crippen molar-refractivity contribution in [3.05, 3.63) is 24.0 Å². The van der Waals surface area contributed by atoms with Crippen LogP contribution in [0.1, 0.15) is 24.8 Å². The Bertz CT molecular complexity index is 776. The Kier molecular flexibility index (Phi) is 5.11. The number of alkyl halides is 3. The summed E-state index contributed by atoms with van der Waals surface area (Å²) in [7, 11) is 1.94. The zero-order chi connectivity index (χ0) is 18.0. The van der Waals surface area contributed by atoms with Gasteiger partial charge < -0.3 is 9.88 Å². The number of hydrogen-bond donors (Lipinski definition) is 2. The number of H-pyrrole nitrogens is 1. The Morgan fingerprint density at radius 2 is 2.24 bits per heavy atom. The van der Waals surface area contributed by atoms with Gasteiger partial charge in [0.15, 0.2) is 0 Å². The van der Waals surface area contributed by atoms with Gasteiger partial charge in [0, 0.05) is 42.7 Å². The highest BCUT2D eigenvalue weighted by molar-refractivity contribution is 7.97. The van der Waals surface area contributed by atoms with Gasteiger partial charge in [-0.05, 0) is 18.9 Å². The monoisotopic (exact) mass is 369 g/mol. The first-order valence-corrected chi connectivity index (χ1v) is 8.90. The predicted octanol–water partition coefficient (Wildman–Crippen LogP) is 3.59. The third kappa shape index (κ3) is 4.02. The average molecular weight is 369 g/mol. The second kappa shape index (κ2) is 7.14. The molecule has 5 nitrogen and oxygen atoms in total. The first-order chi connectivity index (χ1) is 11.9. The largest absolute Gasteiger partial charge is 0.389 e. The molecule has 1 aliphatic rings. The fraction of sp³-hybridized carbons (Fsp3) is 0.500. The van der Waals surface area contributed by atoms with E-state index in [0.29, 0.717) is 5.56 Å². The van der Waals surface area contributed by atoms with Crippen LogP contribution in [0.15, 0.2) is 18.5 Å². The quantitative estimate of drug-likeness (QED) is 0.602. The smallest absolute Gasteiger partial charge is 0.370 e. The van der Waals surface area contributed by atoms with E-state index in [-0.39, 0.29) is 17.8 Å². The summed E-state index contributed by atoms with van der Waals surface area (Å²) in [5.41, 5.74) is 2.10. The van der Waals surface area contributed by atoms with Crippen molar-refractivity contribution in [2.75, 3.05) is 17.7 Å². The number of rotatable bonds is 6. The van der Waals surface area contributed by atoms with Crippen molar-refractivity contribution >= 4 is 28.7 Å². The Labute approximate surface area is 147 Å². The number of fused-ring (bicyclic) bond motifs is 1. The summed E-state index contributed by atoms with van der Waals surface area (Å²) in [5, 5.41) is 10.3. The Morgan fingerprint density at radius 1 is 1.48 bits per heavy atom. The molecular weight excluding hydrogens is 351 g/mol. The molecule has 0 amide bonds. The van der Waals surface area contributed by atoms with Crippen molar-refractivity contribution in [1.29, 1.82) is 5.26 Å². The molecule has 0 saturated heterocycles. The lowest BCUT2D eigenvalue weighted by Gasteiger charge is -2.42. The number of halogens is 3. The van der Waals surface area contributed by atoms with Crippen LogP contribution >= 0.6 is 11.9 Å². The van der Waals surface area contributed by atoms with Gasteiger partial charge in [0.25, 0.3) is 0 Å². The van der Waals surface area contributed by atoms with Crippen LogP contribution in [-0.4, -0.2) is 41.0 Å². The highest BCUT2D eigenvalue weighted by atomic mass is 32.2. The van der Waals surface area contributed by atoms with Crippen LogP contribution in [0.5, 0.6) is 0 Å². The summed E-state index contributed by atoms with van der Waals surface area (Å²) < 4.78 is 39.5. The second-order valence-electron chi connectivity index (χ2n) is 6.14. The molecule has 25 heavy (non-hydrogen) atoms. The molecule has 0 bridgehead atoms. The molecule has 0 atom stereocenters. The molecule has 0 aliphatic heterocycles. The molecule has 0 unspecified atom stereocenters. The molecular formula is C16H18F3N5S. The number of nitriles is 1. The highest BCUT2D eigenvalue weighted by Crippen LogP contribution is 2.35. The molecule has 2 heterocycles. The Morgan fingerprint density at radius 3 is 2.92 bits per heavy atom. The van der Waals surface area contributed by atoms with Crippen LogP contribution in [0.4, 0.5) is 18.9 Å². The molecule has 0 aromatic carbocycles. The van der Waals surface area contributed by atoms with Gasteiger partial charge in [0.1, 0.15) is 11.7 Å². The molecule has 0 radical (unpaired) electrons. The van der Waals surface area contributed by atoms with Crippen LogP contribution in [-0.2, 0) is 0 Å². The van der Waals surface area contributed by atoms with E-state index < -0.39 is 12.6 Å². The van der Waals surface area contributed by atoms with Gasteiger partial charge >= 0.3 is 6.18 Å². The number of aromatic amines is 1. The molecule has 2 N–H and O–H groups in total. The third-order valence-electron chi connectivity index (χ3n) is 4.43. The lowest BCUT2D eigenvalue weighted by molar-refractivity contribution is -0.129. The fourth-order valence-corrected chi connectivity index (χ4v) is 3.86. The minimum Gasteiger partial charge on any atom is -0.370 e. The van der Waals surface area contributed by atoms with E-state index in [1.807, 2.05) is 13.1 Å². The maximum absolute atomic E-state index is 12.1. The van der Waals surface area contributed by atoms with Crippen LogP contribution in [0, 0.1) is 11.3 Å². The molecule has 1 aliphatic carbocycles. The summed E-state index contributed by atoms with van der Waals surface area (Å²) in [4.78, 5) is 9.35. The number of pyridine rings is 1. The molecule has 1 saturated carbocycles. The van der Waals surface area contributed by atoms with E-state index in [2.05, 4.69) is 25.7 Å². The number of nitrogens with one attached hydrogen (secondary N) is 2. The zero-order valence-corrected chi connectivity index (χ0v) is 14.4. The van der Waals surface area contributed by atoms with Gasteiger partial charge in [-0.3, -0.25) is 4.72 Å². The lowest BCUT2D eigenvalue weighted by Crippen LogP contribution is -2.50. The van der Waals surface area contributed by atoms with Crippen molar-refractivity contribution in [1.82, 2.24) is 14.7 Å². The number of anilines is 1. The highest BCUT2D eigenvalue weighted by Gasteiger charge is 2.34. The summed E-state index contributed by atoms with van der Waals surface area (Å²) in [6.45, 7) is 0. The molecule has 0 spiro atoms.